The number of hydrogen-bond donors (Lipinski definition) is 0. The molecule has 0 heterocycles. The Balaban J connectivity index is 3.38. The first-order valence-corrected chi connectivity index (χ1v) is 4.21. The van der Waals surface area contributed by atoms with Crippen molar-refractivity contribution in [3.05, 3.63) is 0 Å². The molecule has 0 amide bonds. The quantitative estimate of drug-likeness (QED) is 0.593. The van der Waals surface area contributed by atoms with Crippen molar-refractivity contribution >= 4 is 11.8 Å². The Hall–Kier alpha value is -0.860. The van der Waals surface area contributed by atoms with E-state index in [0.29, 0.717) is 19.3 Å². The zero-order chi connectivity index (χ0) is 9.56. The van der Waals surface area contributed by atoms with Crippen LogP contribution in [0.4, 0.5) is 0 Å². The minimum atomic E-state index is -0.216. The van der Waals surface area contributed by atoms with Crippen LogP contribution >= 0.6 is 0 Å². The molecular formula is C9H16O3. The van der Waals surface area contributed by atoms with E-state index in [2.05, 4.69) is 0 Å². The maximum Gasteiger partial charge on any atom is 0.306 e. The minimum Gasteiger partial charge on any atom is -0.463 e. The molecule has 70 valence electrons. The number of carbonyl (C=O) groups excluding carboxylic acids is 2. The number of ketones is 1. The van der Waals surface area contributed by atoms with Crippen molar-refractivity contribution in [2.75, 3.05) is 0 Å². The molecule has 0 fully saturated rings. The van der Waals surface area contributed by atoms with Crippen molar-refractivity contribution in [1.29, 1.82) is 0 Å². The highest BCUT2D eigenvalue weighted by Crippen LogP contribution is 2.00. The third-order valence-corrected chi connectivity index (χ3v) is 1.28. The van der Waals surface area contributed by atoms with Gasteiger partial charge in [0.1, 0.15) is 5.78 Å². The van der Waals surface area contributed by atoms with Crippen molar-refractivity contribution in [3.8, 4) is 0 Å². The van der Waals surface area contributed by atoms with Crippen LogP contribution in [0.25, 0.3) is 0 Å². The number of esters is 1. The zero-order valence-corrected chi connectivity index (χ0v) is 7.92. The zero-order valence-electron chi connectivity index (χ0n) is 7.92. The van der Waals surface area contributed by atoms with Gasteiger partial charge in [0.2, 0.25) is 0 Å². The van der Waals surface area contributed by atoms with Crippen LogP contribution in [0.2, 0.25) is 0 Å². The summed E-state index contributed by atoms with van der Waals surface area (Å²) in [5.41, 5.74) is 0. The molecule has 0 aliphatic carbocycles. The highest BCUT2D eigenvalue weighted by Gasteiger charge is 2.05. The molecule has 0 N–H and O–H groups in total. The molecule has 3 heteroatoms. The van der Waals surface area contributed by atoms with E-state index in [1.807, 2.05) is 13.8 Å². The molecular weight excluding hydrogens is 156 g/mol. The molecule has 0 bridgehead atoms. The summed E-state index contributed by atoms with van der Waals surface area (Å²) in [7, 11) is 0. The van der Waals surface area contributed by atoms with Crippen LogP contribution in [0.1, 0.15) is 40.0 Å². The maximum atomic E-state index is 10.9. The fraction of sp³-hybridized carbons (Fsp3) is 0.778. The fourth-order valence-electron chi connectivity index (χ4n) is 0.803. The van der Waals surface area contributed by atoms with E-state index in [4.69, 9.17) is 4.74 Å². The Morgan fingerprint density at radius 2 is 1.83 bits per heavy atom. The molecule has 0 rings (SSSR count). The average molecular weight is 172 g/mol. The summed E-state index contributed by atoms with van der Waals surface area (Å²) >= 11 is 0. The Morgan fingerprint density at radius 3 is 2.25 bits per heavy atom. The van der Waals surface area contributed by atoms with Gasteiger partial charge in [-0.3, -0.25) is 4.79 Å². The van der Waals surface area contributed by atoms with Crippen molar-refractivity contribution in [2.45, 2.75) is 46.1 Å². The first-order valence-electron chi connectivity index (χ1n) is 4.21. The number of hydrogen-bond acceptors (Lipinski definition) is 3. The molecule has 0 aliphatic rings. The van der Waals surface area contributed by atoms with Crippen LogP contribution in [-0.4, -0.2) is 17.9 Å². The van der Waals surface area contributed by atoms with Gasteiger partial charge in [0, 0.05) is 12.8 Å². The van der Waals surface area contributed by atoms with Crippen molar-refractivity contribution < 1.29 is 14.3 Å². The van der Waals surface area contributed by atoms with Gasteiger partial charge in [-0.15, -0.1) is 0 Å². The lowest BCUT2D eigenvalue weighted by molar-refractivity contribution is -0.147. The predicted octanol–water partition coefficient (Wildman–Crippen LogP) is 1.70. The van der Waals surface area contributed by atoms with E-state index in [-0.39, 0.29) is 17.9 Å². The van der Waals surface area contributed by atoms with Gasteiger partial charge in [-0.2, -0.15) is 0 Å². The second-order valence-corrected chi connectivity index (χ2v) is 3.09. The second kappa shape index (κ2) is 5.75. The van der Waals surface area contributed by atoms with Gasteiger partial charge in [-0.1, -0.05) is 0 Å². The van der Waals surface area contributed by atoms with E-state index in [1.165, 1.54) is 6.92 Å². The van der Waals surface area contributed by atoms with Crippen molar-refractivity contribution in [2.24, 2.45) is 0 Å². The summed E-state index contributed by atoms with van der Waals surface area (Å²) in [5.74, 6) is -0.0985. The van der Waals surface area contributed by atoms with Crippen LogP contribution in [0, 0.1) is 0 Å². The normalized spacial score (nSPS) is 10.0. The molecule has 0 aromatic rings. The van der Waals surface area contributed by atoms with Gasteiger partial charge >= 0.3 is 5.97 Å². The van der Waals surface area contributed by atoms with Crippen molar-refractivity contribution in [3.63, 3.8) is 0 Å². The minimum absolute atomic E-state index is 0.0603. The summed E-state index contributed by atoms with van der Waals surface area (Å²) in [6.45, 7) is 5.14. The number of rotatable bonds is 5. The third-order valence-electron chi connectivity index (χ3n) is 1.28. The van der Waals surface area contributed by atoms with Gasteiger partial charge in [0.25, 0.3) is 0 Å². The number of ether oxygens (including phenoxy) is 1. The largest absolute Gasteiger partial charge is 0.463 e. The van der Waals surface area contributed by atoms with Gasteiger partial charge in [0.05, 0.1) is 6.10 Å². The van der Waals surface area contributed by atoms with Crippen LogP contribution in [0.3, 0.4) is 0 Å². The Bertz CT molecular complexity index is 161. The smallest absolute Gasteiger partial charge is 0.306 e. The lowest BCUT2D eigenvalue weighted by Gasteiger charge is -2.06. The fourth-order valence-corrected chi connectivity index (χ4v) is 0.803. The SMILES string of the molecule is CC(=O)CCCC(=O)OC(C)C. The van der Waals surface area contributed by atoms with Crippen LogP contribution in [0.15, 0.2) is 0 Å². The van der Waals surface area contributed by atoms with E-state index in [1.54, 1.807) is 0 Å². The second-order valence-electron chi connectivity index (χ2n) is 3.09. The molecule has 12 heavy (non-hydrogen) atoms. The third kappa shape index (κ3) is 7.25. The standard InChI is InChI=1S/C9H16O3/c1-7(2)12-9(11)6-4-5-8(3)10/h7H,4-6H2,1-3H3. The summed E-state index contributed by atoms with van der Waals surface area (Å²) in [5, 5.41) is 0. The van der Waals surface area contributed by atoms with E-state index < -0.39 is 0 Å². The molecule has 0 unspecified atom stereocenters. The molecule has 0 saturated carbocycles. The molecule has 0 radical (unpaired) electrons. The summed E-state index contributed by atoms with van der Waals surface area (Å²) in [4.78, 5) is 21.4. The molecule has 3 nitrogen and oxygen atoms in total. The highest BCUT2D eigenvalue weighted by atomic mass is 16.5. The predicted molar refractivity (Wildman–Crippen MR) is 45.8 cm³/mol. The van der Waals surface area contributed by atoms with Crippen LogP contribution in [0.5, 0.6) is 0 Å². The maximum absolute atomic E-state index is 10.9. The summed E-state index contributed by atoms with van der Waals surface area (Å²) in [6, 6.07) is 0. The molecule has 0 saturated heterocycles. The van der Waals surface area contributed by atoms with Crippen molar-refractivity contribution in [1.82, 2.24) is 0 Å². The van der Waals surface area contributed by atoms with E-state index >= 15 is 0 Å². The number of carbonyl (C=O) groups is 2. The monoisotopic (exact) mass is 172 g/mol. The van der Waals surface area contributed by atoms with E-state index in [0.717, 1.165) is 0 Å². The Morgan fingerprint density at radius 1 is 1.25 bits per heavy atom. The first-order chi connectivity index (χ1) is 5.52. The van der Waals surface area contributed by atoms with Gasteiger partial charge < -0.3 is 9.53 Å². The lowest BCUT2D eigenvalue weighted by atomic mass is 10.2. The topological polar surface area (TPSA) is 43.4 Å². The molecule has 0 atom stereocenters. The molecule has 0 spiro atoms. The Labute approximate surface area is 73.1 Å². The van der Waals surface area contributed by atoms with Gasteiger partial charge in [-0.25, -0.2) is 0 Å². The summed E-state index contributed by atoms with van der Waals surface area (Å²) < 4.78 is 4.88. The molecule has 0 aromatic heterocycles. The van der Waals surface area contributed by atoms with Crippen LogP contribution in [-0.2, 0) is 14.3 Å². The lowest BCUT2D eigenvalue weighted by Crippen LogP contribution is -2.11. The first kappa shape index (κ1) is 11.1. The van der Waals surface area contributed by atoms with Gasteiger partial charge in [-0.05, 0) is 27.2 Å². The van der Waals surface area contributed by atoms with E-state index in [9.17, 15) is 9.59 Å². The number of Topliss-reactive ketones (excluding diaryl/α,β-unsaturated/α-hetero) is 1. The average Bonchev–Trinajstić information content (AvgIpc) is 1.84. The molecule has 0 aromatic carbocycles. The Kier molecular flexibility index (Phi) is 5.34. The van der Waals surface area contributed by atoms with Crippen LogP contribution < -0.4 is 0 Å². The molecule has 0 aliphatic heterocycles. The highest BCUT2D eigenvalue weighted by molar-refractivity contribution is 5.76. The van der Waals surface area contributed by atoms with Gasteiger partial charge in [0.15, 0.2) is 0 Å². The summed E-state index contributed by atoms with van der Waals surface area (Å²) in [6.07, 6.45) is 1.35.